The average molecular weight is 410 g/mol. The topological polar surface area (TPSA) is 18.5 Å². The van der Waals surface area contributed by atoms with Crippen LogP contribution in [0.1, 0.15) is 119 Å². The number of hydrogen-bond donors (Lipinski definition) is 1. The second-order valence-electron chi connectivity index (χ2n) is 10.4. The van der Waals surface area contributed by atoms with Gasteiger partial charge >= 0.3 is 0 Å². The average Bonchev–Trinajstić information content (AvgIpc) is 2.73. The molecule has 1 fully saturated rings. The van der Waals surface area contributed by atoms with Gasteiger partial charge in [-0.05, 0) is 66.0 Å². The van der Waals surface area contributed by atoms with Crippen molar-refractivity contribution in [3.63, 3.8) is 0 Å². The molecule has 0 spiro atoms. The Morgan fingerprint density at radius 3 is 1.83 bits per heavy atom. The van der Waals surface area contributed by atoms with Gasteiger partial charge in [0.1, 0.15) is 0 Å². The van der Waals surface area contributed by atoms with Gasteiger partial charge in [-0.25, -0.2) is 0 Å². The second-order valence-corrected chi connectivity index (χ2v) is 10.4. The van der Waals surface area contributed by atoms with Crippen molar-refractivity contribution in [1.82, 2.24) is 15.1 Å². The summed E-state index contributed by atoms with van der Waals surface area (Å²) < 4.78 is 0. The fraction of sp³-hybridized carbons (Fsp3) is 1.00. The fourth-order valence-electron chi connectivity index (χ4n) is 4.52. The van der Waals surface area contributed by atoms with E-state index in [1.807, 2.05) is 0 Å². The lowest BCUT2D eigenvalue weighted by atomic mass is 9.89. The van der Waals surface area contributed by atoms with Crippen molar-refractivity contribution < 1.29 is 0 Å². The fourth-order valence-corrected chi connectivity index (χ4v) is 4.52. The van der Waals surface area contributed by atoms with Crippen LogP contribution in [0.5, 0.6) is 0 Å². The molecule has 1 aliphatic heterocycles. The first kappa shape index (κ1) is 26.9. The summed E-state index contributed by atoms with van der Waals surface area (Å²) in [6.07, 6.45) is 16.4. The summed E-state index contributed by atoms with van der Waals surface area (Å²) in [6, 6.07) is 0. The Hall–Kier alpha value is -0.120. The standard InChI is InChI=1S/C26H55N3/c1-7-10-18-26(6,9-3)29-23-21-28(22-24-29)20-17-15-13-11-12-14-16-19-27-25(4,5)8-2/h27H,7-24H2,1-6H3. The lowest BCUT2D eigenvalue weighted by Gasteiger charge is -2.46. The highest BCUT2D eigenvalue weighted by Crippen LogP contribution is 2.27. The van der Waals surface area contributed by atoms with Crippen LogP contribution in [0.3, 0.4) is 0 Å². The minimum absolute atomic E-state index is 0.316. The van der Waals surface area contributed by atoms with Crippen LogP contribution in [0.15, 0.2) is 0 Å². The summed E-state index contributed by atoms with van der Waals surface area (Å²) in [5.74, 6) is 0. The quantitative estimate of drug-likeness (QED) is 0.278. The van der Waals surface area contributed by atoms with Crippen molar-refractivity contribution in [2.75, 3.05) is 39.3 Å². The number of unbranched alkanes of at least 4 members (excludes halogenated alkanes) is 7. The van der Waals surface area contributed by atoms with Crippen LogP contribution in [0, 0.1) is 0 Å². The first-order valence-electron chi connectivity index (χ1n) is 13.1. The van der Waals surface area contributed by atoms with Crippen molar-refractivity contribution in [3.05, 3.63) is 0 Å². The minimum atomic E-state index is 0.316. The normalized spacial score (nSPS) is 18.8. The molecular weight excluding hydrogens is 354 g/mol. The van der Waals surface area contributed by atoms with Gasteiger partial charge in [0.2, 0.25) is 0 Å². The van der Waals surface area contributed by atoms with Crippen molar-refractivity contribution >= 4 is 0 Å². The molecule has 3 heteroatoms. The summed E-state index contributed by atoms with van der Waals surface area (Å²) in [4.78, 5) is 5.50. The van der Waals surface area contributed by atoms with Crippen molar-refractivity contribution in [1.29, 1.82) is 0 Å². The SMILES string of the molecule is CCCCC(C)(CC)N1CCN(CCCCCCCCCNC(C)(C)CC)CC1. The molecule has 1 atom stereocenters. The maximum Gasteiger partial charge on any atom is 0.0179 e. The van der Waals surface area contributed by atoms with E-state index < -0.39 is 0 Å². The Bertz CT molecular complexity index is 387. The number of nitrogens with zero attached hydrogens (tertiary/aromatic N) is 2. The predicted octanol–water partition coefficient (Wildman–Crippen LogP) is 6.47. The molecule has 1 N–H and O–H groups in total. The van der Waals surface area contributed by atoms with Crippen LogP contribution >= 0.6 is 0 Å². The first-order chi connectivity index (χ1) is 13.9. The van der Waals surface area contributed by atoms with E-state index in [0.29, 0.717) is 11.1 Å². The highest BCUT2D eigenvalue weighted by atomic mass is 15.3. The van der Waals surface area contributed by atoms with E-state index in [1.54, 1.807) is 0 Å². The maximum absolute atomic E-state index is 3.67. The van der Waals surface area contributed by atoms with Crippen molar-refractivity contribution in [2.24, 2.45) is 0 Å². The van der Waals surface area contributed by atoms with Gasteiger partial charge in [-0.2, -0.15) is 0 Å². The summed E-state index contributed by atoms with van der Waals surface area (Å²) in [7, 11) is 0. The maximum atomic E-state index is 3.67. The molecule has 0 aliphatic carbocycles. The molecule has 0 aromatic heterocycles. The van der Waals surface area contributed by atoms with Gasteiger partial charge in [0.25, 0.3) is 0 Å². The summed E-state index contributed by atoms with van der Waals surface area (Å²) >= 11 is 0. The molecule has 0 bridgehead atoms. The monoisotopic (exact) mass is 409 g/mol. The largest absolute Gasteiger partial charge is 0.312 e. The molecule has 0 amide bonds. The van der Waals surface area contributed by atoms with Gasteiger partial charge in [-0.1, -0.05) is 65.7 Å². The summed E-state index contributed by atoms with van der Waals surface area (Å²) in [5.41, 5.74) is 0.750. The Labute approximate surface area is 184 Å². The molecule has 0 radical (unpaired) electrons. The van der Waals surface area contributed by atoms with Crippen LogP contribution in [0.2, 0.25) is 0 Å². The molecule has 1 aliphatic rings. The van der Waals surface area contributed by atoms with Crippen molar-refractivity contribution in [3.8, 4) is 0 Å². The zero-order valence-electron chi connectivity index (χ0n) is 21.1. The van der Waals surface area contributed by atoms with E-state index >= 15 is 0 Å². The Morgan fingerprint density at radius 2 is 1.28 bits per heavy atom. The number of nitrogens with one attached hydrogen (secondary N) is 1. The smallest absolute Gasteiger partial charge is 0.0179 e. The highest BCUT2D eigenvalue weighted by Gasteiger charge is 2.31. The molecule has 1 heterocycles. The van der Waals surface area contributed by atoms with Gasteiger partial charge in [0, 0.05) is 37.3 Å². The van der Waals surface area contributed by atoms with E-state index in [4.69, 9.17) is 0 Å². The highest BCUT2D eigenvalue weighted by molar-refractivity contribution is 4.88. The van der Waals surface area contributed by atoms with E-state index in [-0.39, 0.29) is 0 Å². The molecule has 29 heavy (non-hydrogen) atoms. The zero-order chi connectivity index (χ0) is 21.6. The Balaban J connectivity index is 2.00. The lowest BCUT2D eigenvalue weighted by Crippen LogP contribution is -2.55. The van der Waals surface area contributed by atoms with Gasteiger partial charge < -0.3 is 10.2 Å². The third-order valence-electron chi connectivity index (χ3n) is 7.60. The number of hydrogen-bond acceptors (Lipinski definition) is 3. The first-order valence-corrected chi connectivity index (χ1v) is 13.1. The van der Waals surface area contributed by atoms with Crippen LogP contribution in [-0.2, 0) is 0 Å². The molecule has 0 aromatic rings. The molecule has 1 rings (SSSR count). The Kier molecular flexibility index (Phi) is 13.7. The van der Waals surface area contributed by atoms with Crippen molar-refractivity contribution in [2.45, 2.75) is 130 Å². The molecule has 0 saturated carbocycles. The van der Waals surface area contributed by atoms with Crippen LogP contribution in [-0.4, -0.2) is 60.1 Å². The van der Waals surface area contributed by atoms with Gasteiger partial charge in [0.15, 0.2) is 0 Å². The lowest BCUT2D eigenvalue weighted by molar-refractivity contribution is 0.0322. The summed E-state index contributed by atoms with van der Waals surface area (Å²) in [6.45, 7) is 21.7. The molecule has 174 valence electrons. The van der Waals surface area contributed by atoms with E-state index in [2.05, 4.69) is 56.7 Å². The predicted molar refractivity (Wildman–Crippen MR) is 131 cm³/mol. The molecule has 3 nitrogen and oxygen atoms in total. The third kappa shape index (κ3) is 11.2. The molecule has 0 aromatic carbocycles. The molecule has 1 unspecified atom stereocenters. The summed E-state index contributed by atoms with van der Waals surface area (Å²) in [5, 5.41) is 3.67. The van der Waals surface area contributed by atoms with Gasteiger partial charge in [-0.15, -0.1) is 0 Å². The molecular formula is C26H55N3. The van der Waals surface area contributed by atoms with E-state index in [9.17, 15) is 0 Å². The number of piperazine rings is 1. The van der Waals surface area contributed by atoms with Crippen LogP contribution < -0.4 is 5.32 Å². The zero-order valence-corrected chi connectivity index (χ0v) is 21.1. The van der Waals surface area contributed by atoms with Gasteiger partial charge in [-0.3, -0.25) is 4.90 Å². The molecule has 1 saturated heterocycles. The van der Waals surface area contributed by atoms with Crippen LogP contribution in [0.25, 0.3) is 0 Å². The van der Waals surface area contributed by atoms with Gasteiger partial charge in [0.05, 0.1) is 0 Å². The third-order valence-corrected chi connectivity index (χ3v) is 7.60. The van der Waals surface area contributed by atoms with E-state index in [1.165, 1.54) is 116 Å². The second kappa shape index (κ2) is 14.8. The van der Waals surface area contributed by atoms with E-state index in [0.717, 1.165) is 0 Å². The minimum Gasteiger partial charge on any atom is -0.312 e. The van der Waals surface area contributed by atoms with Crippen LogP contribution in [0.4, 0.5) is 0 Å². The number of rotatable bonds is 17. The Morgan fingerprint density at radius 1 is 0.690 bits per heavy atom.